The largest absolute Gasteiger partial charge is 0.463 e. The molecule has 0 spiro atoms. The minimum absolute atomic E-state index is 0.278. The van der Waals surface area contributed by atoms with Crippen LogP contribution in [-0.2, 0) is 6.54 Å². The van der Waals surface area contributed by atoms with Crippen molar-refractivity contribution < 1.29 is 4.74 Å². The van der Waals surface area contributed by atoms with E-state index in [1.165, 1.54) is 0 Å². The lowest BCUT2D eigenvalue weighted by molar-refractivity contribution is 0.286. The number of pyridine rings is 1. The Morgan fingerprint density at radius 2 is 1.82 bits per heavy atom. The number of aromatic nitrogens is 5. The highest BCUT2D eigenvalue weighted by Gasteiger charge is 2.19. The molecule has 4 aromatic rings. The molecule has 4 rings (SSSR count). The van der Waals surface area contributed by atoms with Gasteiger partial charge in [0, 0.05) is 6.20 Å². The number of hydrogen-bond donors (Lipinski definition) is 1. The van der Waals surface area contributed by atoms with Gasteiger partial charge >= 0.3 is 6.01 Å². The zero-order valence-corrected chi connectivity index (χ0v) is 15.7. The lowest BCUT2D eigenvalue weighted by atomic mass is 10.2. The fourth-order valence-corrected chi connectivity index (χ4v) is 2.98. The van der Waals surface area contributed by atoms with Crippen molar-refractivity contribution in [3.05, 3.63) is 60.3 Å². The van der Waals surface area contributed by atoms with Gasteiger partial charge in [0.15, 0.2) is 22.8 Å². The molecule has 142 valence electrons. The van der Waals surface area contributed by atoms with E-state index in [0.29, 0.717) is 36.0 Å². The minimum Gasteiger partial charge on any atom is -0.463 e. The summed E-state index contributed by atoms with van der Waals surface area (Å²) in [7, 11) is 0. The average molecular weight is 374 g/mol. The van der Waals surface area contributed by atoms with Gasteiger partial charge in [0.25, 0.3) is 0 Å². The first-order valence-corrected chi connectivity index (χ1v) is 9.38. The van der Waals surface area contributed by atoms with Crippen LogP contribution in [0.25, 0.3) is 22.7 Å². The second-order valence-electron chi connectivity index (χ2n) is 6.49. The lowest BCUT2D eigenvalue weighted by Crippen LogP contribution is -2.07. The molecule has 3 heterocycles. The first-order chi connectivity index (χ1) is 13.8. The Labute approximate surface area is 163 Å². The topological polar surface area (TPSA) is 91.7 Å². The van der Waals surface area contributed by atoms with Crippen LogP contribution in [0.1, 0.15) is 25.3 Å². The predicted molar refractivity (Wildman–Crippen MR) is 109 cm³/mol. The van der Waals surface area contributed by atoms with Gasteiger partial charge < -0.3 is 15.0 Å². The number of anilines is 1. The summed E-state index contributed by atoms with van der Waals surface area (Å²) in [5.74, 6) is 1.01. The third kappa shape index (κ3) is 3.64. The maximum Gasteiger partial charge on any atom is 0.320 e. The number of imidazole rings is 1. The third-order valence-electron chi connectivity index (χ3n) is 4.41. The molecule has 0 aliphatic rings. The van der Waals surface area contributed by atoms with E-state index in [-0.39, 0.29) is 6.01 Å². The van der Waals surface area contributed by atoms with Crippen molar-refractivity contribution in [2.45, 2.75) is 26.3 Å². The van der Waals surface area contributed by atoms with Crippen molar-refractivity contribution in [3.63, 3.8) is 0 Å². The first kappa shape index (κ1) is 17.9. The Bertz CT molecular complexity index is 1060. The summed E-state index contributed by atoms with van der Waals surface area (Å²) in [5, 5.41) is 0. The van der Waals surface area contributed by atoms with E-state index < -0.39 is 0 Å². The maximum atomic E-state index is 6.19. The van der Waals surface area contributed by atoms with Gasteiger partial charge in [-0.1, -0.05) is 49.7 Å². The summed E-state index contributed by atoms with van der Waals surface area (Å²) in [6.07, 6.45) is 3.72. The molecule has 2 N–H and O–H groups in total. The van der Waals surface area contributed by atoms with Crippen LogP contribution in [0.2, 0.25) is 0 Å². The molecule has 0 atom stereocenters. The summed E-state index contributed by atoms with van der Waals surface area (Å²) in [6.45, 7) is 3.26. The van der Waals surface area contributed by atoms with Crippen LogP contribution < -0.4 is 10.5 Å². The molecular weight excluding hydrogens is 352 g/mol. The molecule has 0 saturated heterocycles. The monoisotopic (exact) mass is 374 g/mol. The fourth-order valence-electron chi connectivity index (χ4n) is 2.98. The van der Waals surface area contributed by atoms with Gasteiger partial charge in [-0.2, -0.15) is 9.97 Å². The highest BCUT2D eigenvalue weighted by molar-refractivity contribution is 5.85. The van der Waals surface area contributed by atoms with E-state index in [9.17, 15) is 0 Å². The van der Waals surface area contributed by atoms with Crippen molar-refractivity contribution in [2.75, 3.05) is 12.3 Å². The number of fused-ring (bicyclic) bond motifs is 1. The van der Waals surface area contributed by atoms with Gasteiger partial charge in [0.2, 0.25) is 0 Å². The van der Waals surface area contributed by atoms with Gasteiger partial charge in [-0.3, -0.25) is 4.98 Å². The molecule has 0 amide bonds. The zero-order valence-electron chi connectivity index (χ0n) is 15.7. The highest BCUT2D eigenvalue weighted by Crippen LogP contribution is 2.27. The molecule has 0 saturated carbocycles. The molecule has 7 heteroatoms. The van der Waals surface area contributed by atoms with Crippen LogP contribution in [0, 0.1) is 0 Å². The second kappa shape index (κ2) is 8.04. The van der Waals surface area contributed by atoms with Gasteiger partial charge in [-0.15, -0.1) is 0 Å². The van der Waals surface area contributed by atoms with Crippen molar-refractivity contribution in [1.29, 1.82) is 0 Å². The summed E-state index contributed by atoms with van der Waals surface area (Å²) in [6, 6.07) is 16.2. The van der Waals surface area contributed by atoms with E-state index in [4.69, 9.17) is 15.5 Å². The molecule has 7 nitrogen and oxygen atoms in total. The minimum atomic E-state index is 0.278. The van der Waals surface area contributed by atoms with Gasteiger partial charge in [0.1, 0.15) is 5.69 Å². The van der Waals surface area contributed by atoms with Gasteiger partial charge in [0.05, 0.1) is 13.2 Å². The molecule has 0 aliphatic heterocycles. The van der Waals surface area contributed by atoms with E-state index in [2.05, 4.69) is 34.0 Å². The summed E-state index contributed by atoms with van der Waals surface area (Å²) in [5.41, 5.74) is 9.27. The first-order valence-electron chi connectivity index (χ1n) is 9.38. The van der Waals surface area contributed by atoms with Gasteiger partial charge in [-0.05, 0) is 24.1 Å². The standard InChI is InChI=1S/C21H22N6O/c1-2-3-13-28-21-25-18(22)17-20(26-21)27(14-15-9-5-4-6-10-15)19(24-17)16-11-7-8-12-23-16/h4-12H,2-3,13-14H2,1H3,(H2,22,25,26). The summed E-state index contributed by atoms with van der Waals surface area (Å²) >= 11 is 0. The third-order valence-corrected chi connectivity index (χ3v) is 4.41. The smallest absolute Gasteiger partial charge is 0.320 e. The quantitative estimate of drug-likeness (QED) is 0.496. The molecule has 0 radical (unpaired) electrons. The molecule has 0 bridgehead atoms. The Hall–Kier alpha value is -3.48. The summed E-state index contributed by atoms with van der Waals surface area (Å²) < 4.78 is 7.71. The molecule has 0 fully saturated rings. The van der Waals surface area contributed by atoms with E-state index in [1.807, 2.05) is 41.0 Å². The predicted octanol–water partition coefficient (Wildman–Crippen LogP) is 3.70. The highest BCUT2D eigenvalue weighted by atomic mass is 16.5. The number of nitrogens with two attached hydrogens (primary N) is 1. The van der Waals surface area contributed by atoms with Crippen LogP contribution in [0.5, 0.6) is 6.01 Å². The molecule has 0 aliphatic carbocycles. The SMILES string of the molecule is CCCCOc1nc(N)c2nc(-c3ccccn3)n(Cc3ccccc3)c2n1. The molecule has 28 heavy (non-hydrogen) atoms. The molecule has 3 aromatic heterocycles. The Morgan fingerprint density at radius 3 is 2.57 bits per heavy atom. The number of ether oxygens (including phenoxy) is 1. The summed E-state index contributed by atoms with van der Waals surface area (Å²) in [4.78, 5) is 18.1. The average Bonchev–Trinajstić information content (AvgIpc) is 3.09. The Kier molecular flexibility index (Phi) is 5.14. The van der Waals surface area contributed by atoms with Gasteiger partial charge in [-0.25, -0.2) is 4.98 Å². The van der Waals surface area contributed by atoms with E-state index in [0.717, 1.165) is 24.1 Å². The van der Waals surface area contributed by atoms with Crippen LogP contribution in [0.3, 0.4) is 0 Å². The zero-order chi connectivity index (χ0) is 19.3. The second-order valence-corrected chi connectivity index (χ2v) is 6.49. The van der Waals surface area contributed by atoms with Crippen LogP contribution in [0.4, 0.5) is 5.82 Å². The molecule has 0 unspecified atom stereocenters. The van der Waals surface area contributed by atoms with Crippen LogP contribution >= 0.6 is 0 Å². The maximum absolute atomic E-state index is 6.19. The van der Waals surface area contributed by atoms with Crippen LogP contribution in [-0.4, -0.2) is 31.1 Å². The van der Waals surface area contributed by atoms with Crippen molar-refractivity contribution in [3.8, 4) is 17.5 Å². The Morgan fingerprint density at radius 1 is 1.00 bits per heavy atom. The number of nitrogen functional groups attached to an aromatic ring is 1. The fraction of sp³-hybridized carbons (Fsp3) is 0.238. The van der Waals surface area contributed by atoms with Crippen LogP contribution in [0.15, 0.2) is 54.7 Å². The molecule has 1 aromatic carbocycles. The normalized spacial score (nSPS) is 11.0. The number of benzene rings is 1. The van der Waals surface area contributed by atoms with Crippen molar-refractivity contribution in [1.82, 2.24) is 24.5 Å². The van der Waals surface area contributed by atoms with E-state index in [1.54, 1.807) is 6.20 Å². The number of nitrogens with zero attached hydrogens (tertiary/aromatic N) is 5. The Balaban J connectivity index is 1.85. The number of rotatable bonds is 7. The number of unbranched alkanes of at least 4 members (excludes halogenated alkanes) is 1. The van der Waals surface area contributed by atoms with E-state index >= 15 is 0 Å². The molecular formula is C21H22N6O. The van der Waals surface area contributed by atoms with Crippen molar-refractivity contribution in [2.24, 2.45) is 0 Å². The number of hydrogen-bond acceptors (Lipinski definition) is 6. The van der Waals surface area contributed by atoms with Crippen molar-refractivity contribution >= 4 is 17.0 Å². The lowest BCUT2D eigenvalue weighted by Gasteiger charge is -2.09.